The lowest BCUT2D eigenvalue weighted by Gasteiger charge is -2.17. The number of rotatable bonds is 0. The summed E-state index contributed by atoms with van der Waals surface area (Å²) in [4.78, 5) is 0. The van der Waals surface area contributed by atoms with Crippen LogP contribution in [0.15, 0.2) is 11.6 Å². The summed E-state index contributed by atoms with van der Waals surface area (Å²) in [5.74, 6) is 8.85. The van der Waals surface area contributed by atoms with E-state index in [1.54, 1.807) is 0 Å². The van der Waals surface area contributed by atoms with Crippen molar-refractivity contribution in [2.45, 2.75) is 41.5 Å². The van der Waals surface area contributed by atoms with E-state index in [4.69, 9.17) is 6.42 Å². The Kier molecular flexibility index (Phi) is 4.03. The lowest BCUT2D eigenvalue weighted by atomic mass is 9.86. The van der Waals surface area contributed by atoms with Crippen molar-refractivity contribution < 1.29 is 0 Å². The second-order valence-corrected chi connectivity index (χ2v) is 5.47. The first-order valence-corrected chi connectivity index (χ1v) is 4.87. The van der Waals surface area contributed by atoms with Crippen LogP contribution in [0.3, 0.4) is 0 Å². The molecule has 0 heteroatoms. The molecule has 0 bridgehead atoms. The molecule has 0 fully saturated rings. The van der Waals surface area contributed by atoms with Crippen molar-refractivity contribution in [3.63, 3.8) is 0 Å². The van der Waals surface area contributed by atoms with Gasteiger partial charge in [0.1, 0.15) is 0 Å². The summed E-state index contributed by atoms with van der Waals surface area (Å²) in [6.45, 7) is 12.5. The Morgan fingerprint density at radius 2 is 1.57 bits per heavy atom. The van der Waals surface area contributed by atoms with Crippen molar-refractivity contribution in [2.75, 3.05) is 0 Å². The monoisotopic (exact) mass is 188 g/mol. The molecular formula is C14H20. The average molecular weight is 188 g/mol. The van der Waals surface area contributed by atoms with Crippen molar-refractivity contribution in [2.24, 2.45) is 10.8 Å². The third-order valence-corrected chi connectivity index (χ3v) is 1.63. The Morgan fingerprint density at radius 1 is 1.07 bits per heavy atom. The van der Waals surface area contributed by atoms with Gasteiger partial charge in [-0.05, 0) is 26.2 Å². The van der Waals surface area contributed by atoms with E-state index < -0.39 is 0 Å². The van der Waals surface area contributed by atoms with E-state index in [1.807, 2.05) is 6.08 Å². The van der Waals surface area contributed by atoms with Gasteiger partial charge in [0.05, 0.1) is 0 Å². The van der Waals surface area contributed by atoms with Gasteiger partial charge in [0.2, 0.25) is 0 Å². The summed E-state index contributed by atoms with van der Waals surface area (Å²) < 4.78 is 0. The first-order valence-electron chi connectivity index (χ1n) is 4.87. The smallest absolute Gasteiger partial charge is 0.0233 e. The van der Waals surface area contributed by atoms with Crippen LogP contribution in [0.5, 0.6) is 0 Å². The van der Waals surface area contributed by atoms with E-state index in [1.165, 1.54) is 0 Å². The van der Waals surface area contributed by atoms with Crippen molar-refractivity contribution in [3.8, 4) is 24.2 Å². The number of allylic oxidation sites excluding steroid dienone is 2. The number of hydrogen-bond donors (Lipinski definition) is 0. The standard InChI is InChI=1S/C14H20/c1-8-12(14(5,6)7)10-9-11-13(2,3)4/h1,10H,2-7H3/b12-10-. The fourth-order valence-electron chi connectivity index (χ4n) is 0.799. The fraction of sp³-hybridized carbons (Fsp3) is 0.571. The van der Waals surface area contributed by atoms with E-state index in [2.05, 4.69) is 59.3 Å². The van der Waals surface area contributed by atoms with E-state index in [-0.39, 0.29) is 10.8 Å². The first-order chi connectivity index (χ1) is 6.17. The highest BCUT2D eigenvalue weighted by Crippen LogP contribution is 2.23. The van der Waals surface area contributed by atoms with E-state index >= 15 is 0 Å². The van der Waals surface area contributed by atoms with Gasteiger partial charge < -0.3 is 0 Å². The third-order valence-electron chi connectivity index (χ3n) is 1.63. The Bertz CT molecular complexity index is 310. The number of terminal acetylenes is 1. The van der Waals surface area contributed by atoms with Gasteiger partial charge in [-0.2, -0.15) is 0 Å². The molecule has 0 aromatic rings. The van der Waals surface area contributed by atoms with Crippen LogP contribution in [0.1, 0.15) is 41.5 Å². The number of hydrogen-bond acceptors (Lipinski definition) is 0. The average Bonchev–Trinajstić information content (AvgIpc) is 1.93. The predicted octanol–water partition coefficient (Wildman–Crippen LogP) is 3.64. The molecule has 0 aliphatic carbocycles. The molecule has 0 saturated carbocycles. The van der Waals surface area contributed by atoms with Gasteiger partial charge in [-0.25, -0.2) is 0 Å². The highest BCUT2D eigenvalue weighted by Gasteiger charge is 2.14. The van der Waals surface area contributed by atoms with Crippen molar-refractivity contribution in [1.82, 2.24) is 0 Å². The predicted molar refractivity (Wildman–Crippen MR) is 63.6 cm³/mol. The summed E-state index contributed by atoms with van der Waals surface area (Å²) >= 11 is 0. The summed E-state index contributed by atoms with van der Waals surface area (Å²) in [7, 11) is 0. The lowest BCUT2D eigenvalue weighted by molar-refractivity contribution is 0.521. The molecule has 0 saturated heterocycles. The maximum atomic E-state index is 5.42. The highest BCUT2D eigenvalue weighted by atomic mass is 14.2. The molecule has 0 rings (SSSR count). The normalized spacial score (nSPS) is 12.8. The molecule has 0 aliphatic rings. The highest BCUT2D eigenvalue weighted by molar-refractivity contribution is 5.37. The molecule has 0 spiro atoms. The van der Waals surface area contributed by atoms with Crippen LogP contribution in [0.2, 0.25) is 0 Å². The van der Waals surface area contributed by atoms with Crippen molar-refractivity contribution in [1.29, 1.82) is 0 Å². The zero-order valence-electron chi connectivity index (χ0n) is 10.2. The molecule has 0 atom stereocenters. The largest absolute Gasteiger partial charge is 0.115 e. The van der Waals surface area contributed by atoms with Crippen molar-refractivity contribution in [3.05, 3.63) is 11.6 Å². The van der Waals surface area contributed by atoms with Gasteiger partial charge in [-0.3, -0.25) is 0 Å². The molecule has 0 unspecified atom stereocenters. The van der Waals surface area contributed by atoms with Gasteiger partial charge in [-0.15, -0.1) is 6.42 Å². The SMILES string of the molecule is C#C/C(=C/C#CC(C)(C)C)C(C)(C)C. The molecule has 0 heterocycles. The molecule has 0 aromatic carbocycles. The quantitative estimate of drug-likeness (QED) is 0.509. The van der Waals surface area contributed by atoms with Gasteiger partial charge in [-0.1, -0.05) is 38.5 Å². The van der Waals surface area contributed by atoms with E-state index in [0.29, 0.717) is 0 Å². The minimum atomic E-state index is 0.0152. The van der Waals surface area contributed by atoms with Crippen LogP contribution in [-0.2, 0) is 0 Å². The van der Waals surface area contributed by atoms with Gasteiger partial charge >= 0.3 is 0 Å². The Hall–Kier alpha value is -1.14. The molecule has 0 aliphatic heterocycles. The molecule has 14 heavy (non-hydrogen) atoms. The lowest BCUT2D eigenvalue weighted by Crippen LogP contribution is -2.07. The summed E-state index contributed by atoms with van der Waals surface area (Å²) in [5, 5.41) is 0. The summed E-state index contributed by atoms with van der Waals surface area (Å²) in [5.41, 5.74) is 1.00. The molecule has 0 nitrogen and oxygen atoms in total. The van der Waals surface area contributed by atoms with E-state index in [0.717, 1.165) is 5.57 Å². The van der Waals surface area contributed by atoms with Crippen LogP contribution in [0, 0.1) is 35.0 Å². The Morgan fingerprint density at radius 3 is 1.86 bits per heavy atom. The Labute approximate surface area is 88.8 Å². The minimum Gasteiger partial charge on any atom is -0.115 e. The minimum absolute atomic E-state index is 0.0152. The maximum Gasteiger partial charge on any atom is 0.0233 e. The van der Waals surface area contributed by atoms with Crippen LogP contribution < -0.4 is 0 Å². The van der Waals surface area contributed by atoms with E-state index in [9.17, 15) is 0 Å². The Balaban J connectivity index is 4.83. The summed E-state index contributed by atoms with van der Waals surface area (Å²) in [6.07, 6.45) is 7.28. The molecule has 0 N–H and O–H groups in total. The summed E-state index contributed by atoms with van der Waals surface area (Å²) in [6, 6.07) is 0. The van der Waals surface area contributed by atoms with Gasteiger partial charge in [0, 0.05) is 17.1 Å². The van der Waals surface area contributed by atoms with Crippen LogP contribution in [0.25, 0.3) is 0 Å². The van der Waals surface area contributed by atoms with Crippen LogP contribution in [0.4, 0.5) is 0 Å². The second-order valence-electron chi connectivity index (χ2n) is 5.47. The van der Waals surface area contributed by atoms with Crippen LogP contribution >= 0.6 is 0 Å². The molecule has 76 valence electrons. The first kappa shape index (κ1) is 12.9. The van der Waals surface area contributed by atoms with Crippen molar-refractivity contribution >= 4 is 0 Å². The van der Waals surface area contributed by atoms with Crippen LogP contribution in [-0.4, -0.2) is 0 Å². The fourth-order valence-corrected chi connectivity index (χ4v) is 0.799. The zero-order chi connectivity index (χ0) is 11.4. The molecule has 0 radical (unpaired) electrons. The van der Waals surface area contributed by atoms with Gasteiger partial charge in [0.15, 0.2) is 0 Å². The maximum absolute atomic E-state index is 5.42. The zero-order valence-corrected chi connectivity index (χ0v) is 10.2. The third kappa shape index (κ3) is 5.50. The topological polar surface area (TPSA) is 0 Å². The van der Waals surface area contributed by atoms with Gasteiger partial charge in [0.25, 0.3) is 0 Å². The molecule has 0 amide bonds. The molecule has 0 aromatic heterocycles. The molecular weight excluding hydrogens is 168 g/mol. The second kappa shape index (κ2) is 4.39.